The minimum Gasteiger partial charge on any atom is -0.494 e. The van der Waals surface area contributed by atoms with Crippen LogP contribution in [0.2, 0.25) is 0 Å². The van der Waals surface area contributed by atoms with E-state index in [1.165, 1.54) is 19.2 Å². The summed E-state index contributed by atoms with van der Waals surface area (Å²) >= 11 is 0. The van der Waals surface area contributed by atoms with Crippen molar-refractivity contribution in [1.82, 2.24) is 5.32 Å². The predicted molar refractivity (Wildman–Crippen MR) is 122 cm³/mol. The third kappa shape index (κ3) is 4.84. The zero-order chi connectivity index (χ0) is 23.4. The van der Waals surface area contributed by atoms with Gasteiger partial charge in [-0.3, -0.25) is 0 Å². The van der Waals surface area contributed by atoms with Crippen LogP contribution in [0.1, 0.15) is 35.1 Å². The third-order valence-corrected chi connectivity index (χ3v) is 5.93. The van der Waals surface area contributed by atoms with Gasteiger partial charge in [0.05, 0.1) is 13.2 Å². The molecule has 6 nitrogen and oxygen atoms in total. The molecule has 0 saturated carbocycles. The van der Waals surface area contributed by atoms with E-state index < -0.39 is 24.1 Å². The van der Waals surface area contributed by atoms with Crippen LogP contribution in [-0.2, 0) is 4.74 Å². The van der Waals surface area contributed by atoms with Crippen molar-refractivity contribution in [3.8, 4) is 16.9 Å². The molecule has 0 heterocycles. The molecule has 3 aromatic carbocycles. The summed E-state index contributed by atoms with van der Waals surface area (Å²) in [7, 11) is 1.35. The molecule has 0 aliphatic heterocycles. The third-order valence-electron chi connectivity index (χ3n) is 5.93. The standard InChI is InChI=1S/C26H26FNO5/c1-32-24-11-10-16(14-22(24)27)25(30)23(29)12-13-28-26(31)33-15-21-19-8-4-2-6-17(19)18-7-3-5-9-20(18)21/h2-11,14,21,23,25,29-30H,12-13,15H2,1H3,(H,28,31). The fourth-order valence-electron chi connectivity index (χ4n) is 4.22. The zero-order valence-corrected chi connectivity index (χ0v) is 18.2. The summed E-state index contributed by atoms with van der Waals surface area (Å²) in [5.74, 6) is -0.615. The first-order valence-corrected chi connectivity index (χ1v) is 10.8. The number of methoxy groups -OCH3 is 1. The van der Waals surface area contributed by atoms with E-state index in [0.717, 1.165) is 28.3 Å². The molecule has 0 spiro atoms. The summed E-state index contributed by atoms with van der Waals surface area (Å²) in [6.07, 6.45) is -3.02. The van der Waals surface area contributed by atoms with E-state index in [-0.39, 0.29) is 36.8 Å². The lowest BCUT2D eigenvalue weighted by Crippen LogP contribution is -2.30. The van der Waals surface area contributed by atoms with E-state index in [1.807, 2.05) is 36.4 Å². The quantitative estimate of drug-likeness (QED) is 0.479. The topological polar surface area (TPSA) is 88.0 Å². The number of ether oxygens (including phenoxy) is 2. The number of carbonyl (C=O) groups excluding carboxylic acids is 1. The van der Waals surface area contributed by atoms with Crippen LogP contribution in [-0.4, -0.2) is 42.7 Å². The van der Waals surface area contributed by atoms with Crippen LogP contribution in [0.3, 0.4) is 0 Å². The van der Waals surface area contributed by atoms with E-state index in [4.69, 9.17) is 9.47 Å². The molecule has 7 heteroatoms. The first-order valence-electron chi connectivity index (χ1n) is 10.8. The summed E-state index contributed by atoms with van der Waals surface area (Å²) in [6, 6.07) is 20.1. The summed E-state index contributed by atoms with van der Waals surface area (Å²) in [4.78, 5) is 12.2. The van der Waals surface area contributed by atoms with Crippen molar-refractivity contribution in [2.75, 3.05) is 20.3 Å². The molecule has 1 amide bonds. The molecule has 4 rings (SSSR count). The second kappa shape index (κ2) is 10.0. The van der Waals surface area contributed by atoms with Crippen LogP contribution >= 0.6 is 0 Å². The van der Waals surface area contributed by atoms with Crippen molar-refractivity contribution >= 4 is 6.09 Å². The van der Waals surface area contributed by atoms with Gasteiger partial charge in [-0.2, -0.15) is 0 Å². The number of benzene rings is 3. The number of hydrogen-bond donors (Lipinski definition) is 3. The van der Waals surface area contributed by atoms with Gasteiger partial charge < -0.3 is 25.0 Å². The van der Waals surface area contributed by atoms with Gasteiger partial charge in [0.25, 0.3) is 0 Å². The Labute approximate surface area is 191 Å². The first kappa shape index (κ1) is 22.8. The highest BCUT2D eigenvalue weighted by Crippen LogP contribution is 2.44. The molecular weight excluding hydrogens is 425 g/mol. The van der Waals surface area contributed by atoms with E-state index in [1.54, 1.807) is 0 Å². The maximum absolute atomic E-state index is 13.8. The second-order valence-electron chi connectivity index (χ2n) is 7.95. The molecule has 1 aliphatic carbocycles. The maximum atomic E-state index is 13.8. The zero-order valence-electron chi connectivity index (χ0n) is 18.2. The molecule has 3 aromatic rings. The largest absolute Gasteiger partial charge is 0.494 e. The Balaban J connectivity index is 1.28. The molecule has 33 heavy (non-hydrogen) atoms. The molecule has 3 N–H and O–H groups in total. The molecule has 0 aromatic heterocycles. The highest BCUT2D eigenvalue weighted by Gasteiger charge is 2.29. The highest BCUT2D eigenvalue weighted by molar-refractivity contribution is 5.79. The van der Waals surface area contributed by atoms with E-state index in [0.29, 0.717) is 0 Å². The number of fused-ring (bicyclic) bond motifs is 3. The summed E-state index contributed by atoms with van der Waals surface area (Å²) in [5, 5.41) is 23.1. The number of halogens is 1. The van der Waals surface area contributed by atoms with Gasteiger partial charge in [0, 0.05) is 12.5 Å². The number of carbonyl (C=O) groups is 1. The van der Waals surface area contributed by atoms with Crippen LogP contribution in [0, 0.1) is 5.82 Å². The number of aliphatic hydroxyl groups excluding tert-OH is 2. The smallest absolute Gasteiger partial charge is 0.407 e. The van der Waals surface area contributed by atoms with Crippen molar-refractivity contribution < 1.29 is 28.9 Å². The van der Waals surface area contributed by atoms with Gasteiger partial charge >= 0.3 is 6.09 Å². The Kier molecular flexibility index (Phi) is 6.91. The molecule has 0 saturated heterocycles. The highest BCUT2D eigenvalue weighted by atomic mass is 19.1. The van der Waals surface area contributed by atoms with Crippen molar-refractivity contribution in [3.05, 3.63) is 89.2 Å². The monoisotopic (exact) mass is 451 g/mol. The Hall–Kier alpha value is -3.42. The number of nitrogens with one attached hydrogen (secondary N) is 1. The average molecular weight is 451 g/mol. The lowest BCUT2D eigenvalue weighted by atomic mass is 9.98. The first-order chi connectivity index (χ1) is 16.0. The molecule has 2 atom stereocenters. The Bertz CT molecular complexity index is 1090. The van der Waals surface area contributed by atoms with Crippen LogP contribution in [0.15, 0.2) is 66.7 Å². The second-order valence-corrected chi connectivity index (χ2v) is 7.95. The van der Waals surface area contributed by atoms with Gasteiger partial charge in [-0.05, 0) is 46.4 Å². The van der Waals surface area contributed by atoms with Gasteiger partial charge in [-0.1, -0.05) is 54.6 Å². The fourth-order valence-corrected chi connectivity index (χ4v) is 4.22. The van der Waals surface area contributed by atoms with Crippen LogP contribution in [0.5, 0.6) is 5.75 Å². The van der Waals surface area contributed by atoms with Crippen molar-refractivity contribution in [3.63, 3.8) is 0 Å². The minimum atomic E-state index is -1.30. The Morgan fingerprint density at radius 2 is 1.67 bits per heavy atom. The lowest BCUT2D eigenvalue weighted by Gasteiger charge is -2.19. The molecular formula is C26H26FNO5. The summed E-state index contributed by atoms with van der Waals surface area (Å²) in [6.45, 7) is 0.281. The molecule has 0 fully saturated rings. The molecule has 2 unspecified atom stereocenters. The van der Waals surface area contributed by atoms with Crippen molar-refractivity contribution in [2.24, 2.45) is 0 Å². The van der Waals surface area contributed by atoms with Gasteiger partial charge in [-0.25, -0.2) is 9.18 Å². The maximum Gasteiger partial charge on any atom is 0.407 e. The van der Waals surface area contributed by atoms with Crippen LogP contribution < -0.4 is 10.1 Å². The molecule has 0 bridgehead atoms. The van der Waals surface area contributed by atoms with Crippen LogP contribution in [0.4, 0.5) is 9.18 Å². The van der Waals surface area contributed by atoms with Gasteiger partial charge in [0.15, 0.2) is 11.6 Å². The summed E-state index contributed by atoms with van der Waals surface area (Å²) in [5.41, 5.74) is 4.76. The average Bonchev–Trinajstić information content (AvgIpc) is 3.16. The van der Waals surface area contributed by atoms with E-state index in [2.05, 4.69) is 17.4 Å². The van der Waals surface area contributed by atoms with Crippen molar-refractivity contribution in [1.29, 1.82) is 0 Å². The number of rotatable bonds is 8. The fraction of sp³-hybridized carbons (Fsp3) is 0.269. The number of hydrogen-bond acceptors (Lipinski definition) is 5. The van der Waals surface area contributed by atoms with Gasteiger partial charge in [0.2, 0.25) is 0 Å². The van der Waals surface area contributed by atoms with Crippen molar-refractivity contribution in [2.45, 2.75) is 24.5 Å². The van der Waals surface area contributed by atoms with Gasteiger partial charge in [-0.15, -0.1) is 0 Å². The van der Waals surface area contributed by atoms with Gasteiger partial charge in [0.1, 0.15) is 12.7 Å². The Morgan fingerprint density at radius 3 is 2.27 bits per heavy atom. The molecule has 0 radical (unpaired) electrons. The SMILES string of the molecule is COc1ccc(C(O)C(O)CCNC(=O)OCC2c3ccccc3-c3ccccc32)cc1F. The minimum absolute atomic E-state index is 0.0412. The lowest BCUT2D eigenvalue weighted by molar-refractivity contribution is 0.0135. The number of aliphatic hydroxyl groups is 2. The molecule has 172 valence electrons. The number of amides is 1. The summed E-state index contributed by atoms with van der Waals surface area (Å²) < 4.78 is 24.1. The van der Waals surface area contributed by atoms with E-state index >= 15 is 0 Å². The Morgan fingerprint density at radius 1 is 1.03 bits per heavy atom. The normalized spacial score (nSPS) is 14.2. The predicted octanol–water partition coefficient (Wildman–Crippen LogP) is 4.16. The van der Waals surface area contributed by atoms with E-state index in [9.17, 15) is 19.4 Å². The van der Waals surface area contributed by atoms with Crippen LogP contribution in [0.25, 0.3) is 11.1 Å². The molecule has 1 aliphatic rings. The number of alkyl carbamates (subject to hydrolysis) is 1.